The van der Waals surface area contributed by atoms with Crippen molar-refractivity contribution in [2.45, 2.75) is 51.0 Å². The van der Waals surface area contributed by atoms with Crippen LogP contribution in [0.4, 0.5) is 11.5 Å². The summed E-state index contributed by atoms with van der Waals surface area (Å²) in [6.45, 7) is 9.53. The maximum Gasteiger partial charge on any atom is 0.262 e. The number of benzene rings is 1. The standard InChI is InChI=1S/C24H33N5O3S/c1-17-7-8-18(2)22(14-17)33(31,32)27-20-15-21(24(30)29-11-5-4-6-19(29)3)23(26-16-20)28-12-9-25-10-13-28/h7-8,14-16,19,25,27H,4-6,9-13H2,1-3H3. The van der Waals surface area contributed by atoms with Crippen molar-refractivity contribution in [2.75, 3.05) is 42.3 Å². The summed E-state index contributed by atoms with van der Waals surface area (Å²) in [4.78, 5) is 22.4. The Kier molecular flexibility index (Phi) is 6.90. The number of rotatable bonds is 5. The molecule has 2 aliphatic rings. The summed E-state index contributed by atoms with van der Waals surface area (Å²) in [5, 5.41) is 3.32. The van der Waals surface area contributed by atoms with Crippen LogP contribution in [0.25, 0.3) is 0 Å². The van der Waals surface area contributed by atoms with Crippen molar-refractivity contribution < 1.29 is 13.2 Å². The molecule has 33 heavy (non-hydrogen) atoms. The van der Waals surface area contributed by atoms with Gasteiger partial charge < -0.3 is 15.1 Å². The molecule has 0 aliphatic carbocycles. The first kappa shape index (κ1) is 23.5. The van der Waals surface area contributed by atoms with Gasteiger partial charge in [0, 0.05) is 38.8 Å². The highest BCUT2D eigenvalue weighted by atomic mass is 32.2. The third-order valence-electron chi connectivity index (χ3n) is 6.46. The predicted octanol–water partition coefficient (Wildman–Crippen LogP) is 2.92. The van der Waals surface area contributed by atoms with Gasteiger partial charge in [-0.3, -0.25) is 9.52 Å². The lowest BCUT2D eigenvalue weighted by Gasteiger charge is -2.35. The maximum absolute atomic E-state index is 13.6. The Morgan fingerprint density at radius 1 is 1.12 bits per heavy atom. The molecule has 1 amide bonds. The highest BCUT2D eigenvalue weighted by Crippen LogP contribution is 2.28. The first-order chi connectivity index (χ1) is 15.8. The van der Waals surface area contributed by atoms with Crippen LogP contribution in [0.2, 0.25) is 0 Å². The van der Waals surface area contributed by atoms with Gasteiger partial charge in [0.1, 0.15) is 5.82 Å². The van der Waals surface area contributed by atoms with Gasteiger partial charge in [0.2, 0.25) is 0 Å². The number of piperidine rings is 1. The Labute approximate surface area is 196 Å². The first-order valence-electron chi connectivity index (χ1n) is 11.6. The van der Waals surface area contributed by atoms with Crippen LogP contribution >= 0.6 is 0 Å². The molecular weight excluding hydrogens is 438 g/mol. The molecule has 0 spiro atoms. The Hall–Kier alpha value is -2.65. The molecule has 2 N–H and O–H groups in total. The normalized spacial score (nSPS) is 19.4. The van der Waals surface area contributed by atoms with Gasteiger partial charge in [-0.25, -0.2) is 13.4 Å². The monoisotopic (exact) mass is 471 g/mol. The lowest BCUT2D eigenvalue weighted by Crippen LogP contribution is -2.46. The summed E-state index contributed by atoms with van der Waals surface area (Å²) in [6.07, 6.45) is 4.58. The number of carbonyl (C=O) groups excluding carboxylic acids is 1. The summed E-state index contributed by atoms with van der Waals surface area (Å²) in [5.74, 6) is 0.532. The molecule has 2 fully saturated rings. The van der Waals surface area contributed by atoms with E-state index in [0.717, 1.165) is 51.0 Å². The number of aryl methyl sites for hydroxylation is 2. The third-order valence-corrected chi connectivity index (χ3v) is 7.99. The van der Waals surface area contributed by atoms with Crippen LogP contribution in [-0.4, -0.2) is 63.0 Å². The van der Waals surface area contributed by atoms with Gasteiger partial charge in [0.15, 0.2) is 0 Å². The van der Waals surface area contributed by atoms with Crippen molar-refractivity contribution in [3.63, 3.8) is 0 Å². The number of likely N-dealkylation sites (tertiary alicyclic amines) is 1. The second-order valence-corrected chi connectivity index (χ2v) is 10.7. The number of nitrogens with one attached hydrogen (secondary N) is 2. The van der Waals surface area contributed by atoms with Crippen molar-refractivity contribution in [2.24, 2.45) is 0 Å². The fraction of sp³-hybridized carbons (Fsp3) is 0.500. The van der Waals surface area contributed by atoms with Gasteiger partial charge in [-0.15, -0.1) is 0 Å². The number of sulfonamides is 1. The van der Waals surface area contributed by atoms with Gasteiger partial charge >= 0.3 is 0 Å². The summed E-state index contributed by atoms with van der Waals surface area (Å²) in [5.41, 5.74) is 2.27. The molecule has 178 valence electrons. The lowest BCUT2D eigenvalue weighted by molar-refractivity contribution is 0.0636. The van der Waals surface area contributed by atoms with Crippen molar-refractivity contribution in [1.82, 2.24) is 15.2 Å². The number of pyridine rings is 1. The van der Waals surface area contributed by atoms with Crippen molar-refractivity contribution in [1.29, 1.82) is 0 Å². The van der Waals surface area contributed by atoms with Crippen LogP contribution < -0.4 is 14.9 Å². The van der Waals surface area contributed by atoms with E-state index in [1.54, 1.807) is 25.1 Å². The average molecular weight is 472 g/mol. The number of amides is 1. The molecule has 1 atom stereocenters. The fourth-order valence-electron chi connectivity index (χ4n) is 4.56. The number of anilines is 2. The van der Waals surface area contributed by atoms with Gasteiger partial charge in [-0.1, -0.05) is 12.1 Å². The fourth-order valence-corrected chi connectivity index (χ4v) is 5.93. The minimum atomic E-state index is -3.82. The Bertz CT molecular complexity index is 1130. The topological polar surface area (TPSA) is 94.6 Å². The number of piperazine rings is 1. The highest BCUT2D eigenvalue weighted by Gasteiger charge is 2.29. The smallest absolute Gasteiger partial charge is 0.262 e. The SMILES string of the molecule is Cc1ccc(C)c(S(=O)(=O)Nc2cnc(N3CCNCC3)c(C(=O)N3CCCCC3C)c2)c1. The molecule has 4 rings (SSSR count). The summed E-state index contributed by atoms with van der Waals surface area (Å²) in [6, 6.07) is 7.13. The van der Waals surface area contributed by atoms with E-state index in [9.17, 15) is 13.2 Å². The maximum atomic E-state index is 13.6. The van der Waals surface area contributed by atoms with Crippen molar-refractivity contribution in [3.8, 4) is 0 Å². The highest BCUT2D eigenvalue weighted by molar-refractivity contribution is 7.92. The number of aromatic nitrogens is 1. The number of nitrogens with zero attached hydrogens (tertiary/aromatic N) is 3. The van der Waals surface area contributed by atoms with E-state index in [2.05, 4.69) is 26.8 Å². The Balaban J connectivity index is 1.70. The molecule has 0 saturated carbocycles. The quantitative estimate of drug-likeness (QED) is 0.696. The average Bonchev–Trinajstić information content (AvgIpc) is 2.81. The minimum Gasteiger partial charge on any atom is -0.353 e. The Morgan fingerprint density at radius 3 is 2.61 bits per heavy atom. The molecule has 2 saturated heterocycles. The number of carbonyl (C=O) groups is 1. The zero-order chi connectivity index (χ0) is 23.6. The lowest BCUT2D eigenvalue weighted by atomic mass is 10.0. The van der Waals surface area contributed by atoms with Crippen LogP contribution in [0, 0.1) is 13.8 Å². The summed E-state index contributed by atoms with van der Waals surface area (Å²) < 4.78 is 28.9. The predicted molar refractivity (Wildman–Crippen MR) is 130 cm³/mol. The van der Waals surface area contributed by atoms with E-state index in [0.29, 0.717) is 29.2 Å². The second-order valence-electron chi connectivity index (χ2n) is 9.05. The molecule has 2 aromatic rings. The van der Waals surface area contributed by atoms with Gasteiger partial charge in [0.25, 0.3) is 15.9 Å². The van der Waals surface area contributed by atoms with Crippen LogP contribution in [0.15, 0.2) is 35.4 Å². The van der Waals surface area contributed by atoms with E-state index in [4.69, 9.17) is 0 Å². The van der Waals surface area contributed by atoms with Crippen LogP contribution in [0.3, 0.4) is 0 Å². The molecule has 0 bridgehead atoms. The van der Waals surface area contributed by atoms with E-state index >= 15 is 0 Å². The molecule has 8 nitrogen and oxygen atoms in total. The van der Waals surface area contributed by atoms with Gasteiger partial charge in [-0.05, 0) is 63.3 Å². The second kappa shape index (κ2) is 9.69. The molecule has 1 aromatic carbocycles. The van der Waals surface area contributed by atoms with E-state index in [1.165, 1.54) is 6.20 Å². The molecular formula is C24H33N5O3S. The molecule has 9 heteroatoms. The zero-order valence-corrected chi connectivity index (χ0v) is 20.4. The molecule has 1 aromatic heterocycles. The Morgan fingerprint density at radius 2 is 1.88 bits per heavy atom. The van der Waals surface area contributed by atoms with Crippen LogP contribution in [0.5, 0.6) is 0 Å². The van der Waals surface area contributed by atoms with Crippen LogP contribution in [-0.2, 0) is 10.0 Å². The van der Waals surface area contributed by atoms with Gasteiger partial charge in [0.05, 0.1) is 22.3 Å². The molecule has 1 unspecified atom stereocenters. The summed E-state index contributed by atoms with van der Waals surface area (Å²) in [7, 11) is -3.82. The third kappa shape index (κ3) is 5.14. The first-order valence-corrected chi connectivity index (χ1v) is 13.1. The molecule has 3 heterocycles. The van der Waals surface area contributed by atoms with E-state index in [-0.39, 0.29) is 16.8 Å². The van der Waals surface area contributed by atoms with E-state index < -0.39 is 10.0 Å². The van der Waals surface area contributed by atoms with Crippen molar-refractivity contribution in [3.05, 3.63) is 47.2 Å². The van der Waals surface area contributed by atoms with Crippen molar-refractivity contribution >= 4 is 27.4 Å². The molecule has 0 radical (unpaired) electrons. The van der Waals surface area contributed by atoms with E-state index in [1.807, 2.05) is 17.9 Å². The minimum absolute atomic E-state index is 0.0870. The number of hydrogen-bond donors (Lipinski definition) is 2. The molecule has 2 aliphatic heterocycles. The summed E-state index contributed by atoms with van der Waals surface area (Å²) >= 11 is 0. The number of hydrogen-bond acceptors (Lipinski definition) is 6. The zero-order valence-electron chi connectivity index (χ0n) is 19.6. The van der Waals surface area contributed by atoms with Gasteiger partial charge in [-0.2, -0.15) is 0 Å². The van der Waals surface area contributed by atoms with Crippen LogP contribution in [0.1, 0.15) is 47.7 Å². The largest absolute Gasteiger partial charge is 0.353 e.